The van der Waals surface area contributed by atoms with Crippen LogP contribution in [0.15, 0.2) is 11.6 Å². The predicted molar refractivity (Wildman–Crippen MR) is 40.2 cm³/mol. The van der Waals surface area contributed by atoms with Crippen molar-refractivity contribution in [2.45, 2.75) is 13.3 Å². The van der Waals surface area contributed by atoms with Crippen molar-refractivity contribution in [1.29, 1.82) is 0 Å². The molecule has 0 radical (unpaired) electrons. The fourth-order valence-electron chi connectivity index (χ4n) is 0.936. The minimum absolute atomic E-state index is 0.198. The molecule has 0 aromatic heterocycles. The van der Waals surface area contributed by atoms with Crippen LogP contribution in [0.3, 0.4) is 0 Å². The molecule has 3 nitrogen and oxygen atoms in total. The van der Waals surface area contributed by atoms with Crippen LogP contribution in [0.1, 0.15) is 13.3 Å². The topological polar surface area (TPSA) is 35.5 Å². The summed E-state index contributed by atoms with van der Waals surface area (Å²) in [5.74, 6) is -0.198. The van der Waals surface area contributed by atoms with Gasteiger partial charge in [0.15, 0.2) is 0 Å². The number of esters is 1. The van der Waals surface area contributed by atoms with Crippen molar-refractivity contribution in [2.24, 2.45) is 0 Å². The fourth-order valence-corrected chi connectivity index (χ4v) is 0.936. The van der Waals surface area contributed by atoms with Gasteiger partial charge in [-0.2, -0.15) is 0 Å². The largest absolute Gasteiger partial charge is 0.463 e. The highest BCUT2D eigenvalue weighted by Crippen LogP contribution is 2.08. The first kappa shape index (κ1) is 8.27. The van der Waals surface area contributed by atoms with Gasteiger partial charge in [-0.1, -0.05) is 0 Å². The molecule has 1 rings (SSSR count). The Morgan fingerprint density at radius 1 is 1.82 bits per heavy atom. The SMILES string of the molecule is CCOC(=O)C1=CCOCC1. The molecule has 0 unspecified atom stereocenters. The maximum absolute atomic E-state index is 11.1. The molecular weight excluding hydrogens is 144 g/mol. The summed E-state index contributed by atoms with van der Waals surface area (Å²) in [5.41, 5.74) is 0.748. The van der Waals surface area contributed by atoms with Crippen molar-refractivity contribution in [1.82, 2.24) is 0 Å². The smallest absolute Gasteiger partial charge is 0.333 e. The fraction of sp³-hybridized carbons (Fsp3) is 0.625. The lowest BCUT2D eigenvalue weighted by Gasteiger charge is -2.11. The van der Waals surface area contributed by atoms with Gasteiger partial charge in [0.05, 0.1) is 19.8 Å². The van der Waals surface area contributed by atoms with Gasteiger partial charge in [0, 0.05) is 12.0 Å². The van der Waals surface area contributed by atoms with Gasteiger partial charge in [-0.05, 0) is 13.0 Å². The van der Waals surface area contributed by atoms with E-state index in [1.807, 2.05) is 0 Å². The molecule has 0 saturated carbocycles. The van der Waals surface area contributed by atoms with Crippen LogP contribution < -0.4 is 0 Å². The van der Waals surface area contributed by atoms with E-state index < -0.39 is 0 Å². The predicted octanol–water partition coefficient (Wildman–Crippen LogP) is 0.896. The maximum atomic E-state index is 11.1. The average Bonchev–Trinajstić information content (AvgIpc) is 2.07. The molecule has 62 valence electrons. The Hall–Kier alpha value is -0.830. The molecule has 3 heteroatoms. The van der Waals surface area contributed by atoms with Crippen LogP contribution >= 0.6 is 0 Å². The number of carbonyl (C=O) groups excluding carboxylic acids is 1. The number of rotatable bonds is 2. The summed E-state index contributed by atoms with van der Waals surface area (Å²) in [5, 5.41) is 0. The van der Waals surface area contributed by atoms with E-state index in [2.05, 4.69) is 0 Å². The summed E-state index contributed by atoms with van der Waals surface area (Å²) in [6.45, 7) is 3.41. The van der Waals surface area contributed by atoms with E-state index in [9.17, 15) is 4.79 Å². The van der Waals surface area contributed by atoms with E-state index >= 15 is 0 Å². The minimum atomic E-state index is -0.198. The summed E-state index contributed by atoms with van der Waals surface area (Å²) in [7, 11) is 0. The van der Waals surface area contributed by atoms with E-state index in [0.29, 0.717) is 26.2 Å². The lowest BCUT2D eigenvalue weighted by atomic mass is 10.1. The number of carbonyl (C=O) groups is 1. The molecule has 0 aromatic carbocycles. The normalized spacial score (nSPS) is 17.4. The first-order valence-electron chi connectivity index (χ1n) is 3.78. The van der Waals surface area contributed by atoms with Gasteiger partial charge in [0.1, 0.15) is 0 Å². The van der Waals surface area contributed by atoms with E-state index in [1.54, 1.807) is 13.0 Å². The third-order valence-electron chi connectivity index (χ3n) is 1.50. The van der Waals surface area contributed by atoms with Crippen molar-refractivity contribution >= 4 is 5.97 Å². The molecule has 1 aliphatic heterocycles. The summed E-state index contributed by atoms with van der Waals surface area (Å²) >= 11 is 0. The maximum Gasteiger partial charge on any atom is 0.333 e. The second-order valence-electron chi connectivity index (χ2n) is 2.27. The molecule has 1 aliphatic rings. The zero-order valence-corrected chi connectivity index (χ0v) is 6.63. The first-order valence-corrected chi connectivity index (χ1v) is 3.78. The van der Waals surface area contributed by atoms with Crippen molar-refractivity contribution in [3.05, 3.63) is 11.6 Å². The third-order valence-corrected chi connectivity index (χ3v) is 1.50. The van der Waals surface area contributed by atoms with Gasteiger partial charge in [-0.25, -0.2) is 4.79 Å². The molecule has 1 heterocycles. The highest BCUT2D eigenvalue weighted by Gasteiger charge is 2.12. The molecular formula is C8H12O3. The summed E-state index contributed by atoms with van der Waals surface area (Å²) in [6.07, 6.45) is 2.46. The van der Waals surface area contributed by atoms with E-state index in [1.165, 1.54) is 0 Å². The van der Waals surface area contributed by atoms with E-state index in [-0.39, 0.29) is 5.97 Å². The molecule has 0 aromatic rings. The molecule has 0 aliphatic carbocycles. The van der Waals surface area contributed by atoms with Gasteiger partial charge in [-0.15, -0.1) is 0 Å². The molecule has 0 fully saturated rings. The molecule has 0 bridgehead atoms. The highest BCUT2D eigenvalue weighted by molar-refractivity contribution is 5.88. The first-order chi connectivity index (χ1) is 5.34. The van der Waals surface area contributed by atoms with Crippen LogP contribution in [-0.4, -0.2) is 25.8 Å². The molecule has 0 saturated heterocycles. The van der Waals surface area contributed by atoms with E-state index in [4.69, 9.17) is 9.47 Å². The van der Waals surface area contributed by atoms with Crippen LogP contribution in [-0.2, 0) is 14.3 Å². The second-order valence-corrected chi connectivity index (χ2v) is 2.27. The van der Waals surface area contributed by atoms with Gasteiger partial charge >= 0.3 is 5.97 Å². The van der Waals surface area contributed by atoms with Crippen LogP contribution in [0.2, 0.25) is 0 Å². The average molecular weight is 156 g/mol. The summed E-state index contributed by atoms with van der Waals surface area (Å²) in [6, 6.07) is 0. The van der Waals surface area contributed by atoms with Crippen LogP contribution in [0.25, 0.3) is 0 Å². The zero-order chi connectivity index (χ0) is 8.10. The van der Waals surface area contributed by atoms with Gasteiger partial charge < -0.3 is 9.47 Å². The molecule has 0 amide bonds. The quantitative estimate of drug-likeness (QED) is 0.557. The number of hydrogen-bond donors (Lipinski definition) is 0. The van der Waals surface area contributed by atoms with Crippen LogP contribution in [0, 0.1) is 0 Å². The summed E-state index contributed by atoms with van der Waals surface area (Å²) < 4.78 is 9.86. The molecule has 11 heavy (non-hydrogen) atoms. The Labute approximate surface area is 66.0 Å². The molecule has 0 atom stereocenters. The highest BCUT2D eigenvalue weighted by atomic mass is 16.5. The van der Waals surface area contributed by atoms with Crippen molar-refractivity contribution in [3.8, 4) is 0 Å². The molecule has 0 spiro atoms. The monoisotopic (exact) mass is 156 g/mol. The Morgan fingerprint density at radius 2 is 2.64 bits per heavy atom. The third kappa shape index (κ3) is 2.35. The zero-order valence-electron chi connectivity index (χ0n) is 6.63. The van der Waals surface area contributed by atoms with Crippen LogP contribution in [0.5, 0.6) is 0 Å². The lowest BCUT2D eigenvalue weighted by molar-refractivity contribution is -0.139. The van der Waals surface area contributed by atoms with Gasteiger partial charge in [0.2, 0.25) is 0 Å². The standard InChI is InChI=1S/C8H12O3/c1-2-11-8(9)7-3-5-10-6-4-7/h3H,2,4-6H2,1H3. The number of hydrogen-bond acceptors (Lipinski definition) is 3. The van der Waals surface area contributed by atoms with Gasteiger partial charge in [0.25, 0.3) is 0 Å². The number of ether oxygens (including phenoxy) is 2. The van der Waals surface area contributed by atoms with Crippen molar-refractivity contribution in [2.75, 3.05) is 19.8 Å². The van der Waals surface area contributed by atoms with Crippen LogP contribution in [0.4, 0.5) is 0 Å². The van der Waals surface area contributed by atoms with Crippen molar-refractivity contribution in [3.63, 3.8) is 0 Å². The molecule has 0 N–H and O–H groups in total. The Morgan fingerprint density at radius 3 is 3.18 bits per heavy atom. The Kier molecular flexibility index (Phi) is 3.11. The van der Waals surface area contributed by atoms with E-state index in [0.717, 1.165) is 5.57 Å². The van der Waals surface area contributed by atoms with Gasteiger partial charge in [-0.3, -0.25) is 0 Å². The summed E-state index contributed by atoms with van der Waals surface area (Å²) in [4.78, 5) is 11.1. The Balaban J connectivity index is 2.44. The lowest BCUT2D eigenvalue weighted by Crippen LogP contribution is -2.14. The Bertz CT molecular complexity index is 172. The van der Waals surface area contributed by atoms with Crippen molar-refractivity contribution < 1.29 is 14.3 Å². The minimum Gasteiger partial charge on any atom is -0.463 e. The second kappa shape index (κ2) is 4.13.